The number of anilines is 1. The van der Waals surface area contributed by atoms with E-state index in [1.165, 1.54) is 43.1 Å². The molecule has 4 rings (SSSR count). The standard InChI is InChI=1S/C24H23ClN4O6S/c1-15-10-18(25)5-6-21(15)36(31,32)28-19-11-17(12-27-23(19)34-3)16-4-7-22-26-13-20(35-9-8-33-2)24(30)29(22)14-16/h4-7,10-14,28H,8-9H2,1-3H3. The van der Waals surface area contributed by atoms with Gasteiger partial charge in [0.15, 0.2) is 0 Å². The van der Waals surface area contributed by atoms with Gasteiger partial charge < -0.3 is 14.2 Å². The number of nitrogens with zero attached hydrogens (tertiary/aromatic N) is 3. The number of hydrogen-bond donors (Lipinski definition) is 1. The van der Waals surface area contributed by atoms with Crippen molar-refractivity contribution < 1.29 is 22.6 Å². The van der Waals surface area contributed by atoms with Crippen LogP contribution in [0.4, 0.5) is 5.69 Å². The maximum Gasteiger partial charge on any atom is 0.300 e. The second-order valence-electron chi connectivity index (χ2n) is 7.71. The molecule has 10 nitrogen and oxygen atoms in total. The van der Waals surface area contributed by atoms with Crippen molar-refractivity contribution in [3.8, 4) is 22.8 Å². The fourth-order valence-corrected chi connectivity index (χ4v) is 5.03. The predicted molar refractivity (Wildman–Crippen MR) is 136 cm³/mol. The van der Waals surface area contributed by atoms with Crippen LogP contribution in [0.1, 0.15) is 5.56 Å². The molecule has 0 amide bonds. The van der Waals surface area contributed by atoms with Gasteiger partial charge in [-0.15, -0.1) is 0 Å². The lowest BCUT2D eigenvalue weighted by molar-refractivity contribution is 0.145. The van der Waals surface area contributed by atoms with Gasteiger partial charge in [-0.05, 0) is 48.9 Å². The zero-order valence-electron chi connectivity index (χ0n) is 19.7. The van der Waals surface area contributed by atoms with Crippen molar-refractivity contribution in [3.63, 3.8) is 0 Å². The Hall–Kier alpha value is -3.67. The molecule has 188 valence electrons. The molecule has 3 aromatic heterocycles. The number of rotatable bonds is 9. The Morgan fingerprint density at radius 1 is 1.03 bits per heavy atom. The summed E-state index contributed by atoms with van der Waals surface area (Å²) in [6.07, 6.45) is 4.47. The van der Waals surface area contributed by atoms with Crippen LogP contribution in [0.25, 0.3) is 16.8 Å². The molecule has 0 aliphatic carbocycles. The highest BCUT2D eigenvalue weighted by atomic mass is 35.5. The Morgan fingerprint density at radius 2 is 1.83 bits per heavy atom. The lowest BCUT2D eigenvalue weighted by Gasteiger charge is -2.14. The number of sulfonamides is 1. The molecule has 0 aliphatic heterocycles. The molecule has 0 saturated heterocycles. The van der Waals surface area contributed by atoms with Gasteiger partial charge in [0.05, 0.1) is 24.8 Å². The molecule has 36 heavy (non-hydrogen) atoms. The number of aromatic nitrogens is 3. The molecule has 0 fully saturated rings. The lowest BCUT2D eigenvalue weighted by Crippen LogP contribution is -2.19. The molecular weight excluding hydrogens is 508 g/mol. The zero-order chi connectivity index (χ0) is 25.9. The van der Waals surface area contributed by atoms with E-state index in [1.54, 1.807) is 37.4 Å². The van der Waals surface area contributed by atoms with Gasteiger partial charge in [0.25, 0.3) is 15.6 Å². The molecule has 0 atom stereocenters. The fourth-order valence-electron chi connectivity index (χ4n) is 3.52. The minimum absolute atomic E-state index is 0.0729. The number of aryl methyl sites for hydroxylation is 1. The summed E-state index contributed by atoms with van der Waals surface area (Å²) in [6, 6.07) is 9.49. The van der Waals surface area contributed by atoms with Gasteiger partial charge in [-0.2, -0.15) is 0 Å². The molecule has 0 unspecified atom stereocenters. The molecule has 1 N–H and O–H groups in total. The first-order chi connectivity index (χ1) is 17.2. The smallest absolute Gasteiger partial charge is 0.300 e. The quantitative estimate of drug-likeness (QED) is 0.326. The van der Waals surface area contributed by atoms with Crippen molar-refractivity contribution in [2.45, 2.75) is 11.8 Å². The van der Waals surface area contributed by atoms with Gasteiger partial charge in [-0.3, -0.25) is 13.9 Å². The van der Waals surface area contributed by atoms with Crippen molar-refractivity contribution in [2.75, 3.05) is 32.2 Å². The first-order valence-corrected chi connectivity index (χ1v) is 12.6. The molecule has 0 bridgehead atoms. The highest BCUT2D eigenvalue weighted by molar-refractivity contribution is 7.92. The Kier molecular flexibility index (Phi) is 7.43. The van der Waals surface area contributed by atoms with Crippen molar-refractivity contribution in [1.82, 2.24) is 14.4 Å². The summed E-state index contributed by atoms with van der Waals surface area (Å²) in [6.45, 7) is 2.19. The maximum absolute atomic E-state index is 13.1. The third kappa shape index (κ3) is 5.27. The number of fused-ring (bicyclic) bond motifs is 1. The summed E-state index contributed by atoms with van der Waals surface area (Å²) in [5.74, 6) is 0.170. The number of nitrogens with one attached hydrogen (secondary N) is 1. The molecule has 4 aromatic rings. The van der Waals surface area contributed by atoms with Crippen molar-refractivity contribution in [2.24, 2.45) is 0 Å². The van der Waals surface area contributed by atoms with E-state index in [4.69, 9.17) is 25.8 Å². The first-order valence-electron chi connectivity index (χ1n) is 10.7. The normalized spacial score (nSPS) is 11.4. The van der Waals surface area contributed by atoms with Crippen LogP contribution in [-0.4, -0.2) is 50.2 Å². The van der Waals surface area contributed by atoms with Crippen molar-refractivity contribution in [1.29, 1.82) is 0 Å². The minimum atomic E-state index is -3.97. The number of hydrogen-bond acceptors (Lipinski definition) is 8. The van der Waals surface area contributed by atoms with Gasteiger partial charge in [-0.25, -0.2) is 18.4 Å². The van der Waals surface area contributed by atoms with E-state index in [1.807, 2.05) is 0 Å². The largest absolute Gasteiger partial charge is 0.484 e. The average molecular weight is 531 g/mol. The van der Waals surface area contributed by atoms with Gasteiger partial charge in [0, 0.05) is 35.7 Å². The van der Waals surface area contributed by atoms with Crippen LogP contribution in [0.2, 0.25) is 5.02 Å². The van der Waals surface area contributed by atoms with Crippen LogP contribution in [-0.2, 0) is 14.8 Å². The Bertz CT molecular complexity index is 1590. The molecule has 0 spiro atoms. The Labute approximate surface area is 212 Å². The molecule has 0 aliphatic rings. The summed E-state index contributed by atoms with van der Waals surface area (Å²) in [4.78, 5) is 21.5. The summed E-state index contributed by atoms with van der Waals surface area (Å²) >= 11 is 5.97. The van der Waals surface area contributed by atoms with E-state index in [0.717, 1.165) is 0 Å². The number of pyridine rings is 2. The average Bonchev–Trinajstić information content (AvgIpc) is 2.85. The predicted octanol–water partition coefficient (Wildman–Crippen LogP) is 3.55. The van der Waals surface area contributed by atoms with Crippen molar-refractivity contribution >= 4 is 33.0 Å². The second-order valence-corrected chi connectivity index (χ2v) is 9.80. The van der Waals surface area contributed by atoms with E-state index >= 15 is 0 Å². The lowest BCUT2D eigenvalue weighted by atomic mass is 10.1. The van der Waals surface area contributed by atoms with Gasteiger partial charge >= 0.3 is 0 Å². The fraction of sp³-hybridized carbons (Fsp3) is 0.208. The van der Waals surface area contributed by atoms with E-state index in [9.17, 15) is 13.2 Å². The van der Waals surface area contributed by atoms with E-state index in [0.29, 0.717) is 34.0 Å². The highest BCUT2D eigenvalue weighted by Crippen LogP contribution is 2.31. The second kappa shape index (κ2) is 10.5. The van der Waals surface area contributed by atoms with Crippen LogP contribution in [0.3, 0.4) is 0 Å². The summed E-state index contributed by atoms with van der Waals surface area (Å²) in [5.41, 5.74) is 1.79. The molecule has 0 saturated carbocycles. The Balaban J connectivity index is 1.73. The third-order valence-electron chi connectivity index (χ3n) is 5.26. The summed E-state index contributed by atoms with van der Waals surface area (Å²) in [7, 11) is -1.05. The molecule has 12 heteroatoms. The monoisotopic (exact) mass is 530 g/mol. The number of halogens is 1. The summed E-state index contributed by atoms with van der Waals surface area (Å²) < 4.78 is 45.8. The molecular formula is C24H23ClN4O6S. The number of benzene rings is 1. The topological polar surface area (TPSA) is 121 Å². The molecule has 1 aromatic carbocycles. The summed E-state index contributed by atoms with van der Waals surface area (Å²) in [5, 5.41) is 0.431. The Morgan fingerprint density at radius 3 is 2.56 bits per heavy atom. The van der Waals surface area contributed by atoms with E-state index < -0.39 is 15.6 Å². The van der Waals surface area contributed by atoms with Gasteiger partial charge in [-0.1, -0.05) is 11.6 Å². The van der Waals surface area contributed by atoms with Crippen LogP contribution in [0.5, 0.6) is 11.6 Å². The van der Waals surface area contributed by atoms with Crippen molar-refractivity contribution in [3.05, 3.63) is 75.9 Å². The third-order valence-corrected chi connectivity index (χ3v) is 7.03. The number of ether oxygens (including phenoxy) is 3. The maximum atomic E-state index is 13.1. The van der Waals surface area contributed by atoms with Gasteiger partial charge in [0.1, 0.15) is 17.9 Å². The molecule has 3 heterocycles. The van der Waals surface area contributed by atoms with Crippen LogP contribution in [0.15, 0.2) is 64.7 Å². The van der Waals surface area contributed by atoms with Gasteiger partial charge in [0.2, 0.25) is 11.6 Å². The molecule has 0 radical (unpaired) electrons. The van der Waals surface area contributed by atoms with Crippen LogP contribution >= 0.6 is 11.6 Å². The van der Waals surface area contributed by atoms with E-state index in [-0.39, 0.29) is 28.8 Å². The SMILES string of the molecule is COCCOc1cnc2ccc(-c3cnc(OC)c(NS(=O)(=O)c4ccc(Cl)cc4C)c3)cn2c1=O. The van der Waals surface area contributed by atoms with Crippen LogP contribution in [0, 0.1) is 6.92 Å². The minimum Gasteiger partial charge on any atom is -0.484 e. The van der Waals surface area contributed by atoms with Crippen LogP contribution < -0.4 is 19.8 Å². The number of methoxy groups -OCH3 is 2. The van der Waals surface area contributed by atoms with E-state index in [2.05, 4.69) is 14.7 Å². The highest BCUT2D eigenvalue weighted by Gasteiger charge is 2.20. The first kappa shape index (κ1) is 25.4. The zero-order valence-corrected chi connectivity index (χ0v) is 21.3.